The number of aliphatic hydroxyl groups excluding tert-OH is 3. The van der Waals surface area contributed by atoms with Crippen LogP contribution >= 0.6 is 0 Å². The summed E-state index contributed by atoms with van der Waals surface area (Å²) in [5.74, 6) is -0.0907. The third kappa shape index (κ3) is 4.20. The maximum absolute atomic E-state index is 12.4. The molecule has 0 aromatic carbocycles. The molecule has 4 saturated carbocycles. The van der Waals surface area contributed by atoms with E-state index in [1.54, 1.807) is 0 Å². The Labute approximate surface area is 203 Å². The van der Waals surface area contributed by atoms with E-state index < -0.39 is 12.1 Å². The Morgan fingerprint density at radius 2 is 1.71 bits per heavy atom. The van der Waals surface area contributed by atoms with Gasteiger partial charge in [0.15, 0.2) is 0 Å². The summed E-state index contributed by atoms with van der Waals surface area (Å²) in [6.07, 6.45) is 5.51. The van der Waals surface area contributed by atoms with Gasteiger partial charge in [-0.15, -0.1) is 0 Å². The summed E-state index contributed by atoms with van der Waals surface area (Å²) >= 11 is 0. The number of aliphatic carboxylic acids is 1. The molecule has 0 saturated heterocycles. The van der Waals surface area contributed by atoms with Crippen LogP contribution in [0.2, 0.25) is 0 Å². The fourth-order valence-electron chi connectivity index (χ4n) is 9.30. The molecule has 5 N–H and O–H groups in total. The smallest absolute Gasteiger partial charge is 0.322 e. The van der Waals surface area contributed by atoms with E-state index in [9.17, 15) is 24.9 Å². The van der Waals surface area contributed by atoms with Crippen molar-refractivity contribution in [1.82, 2.24) is 5.32 Å². The van der Waals surface area contributed by atoms with Crippen molar-refractivity contribution in [3.63, 3.8) is 0 Å². The molecule has 194 valence electrons. The van der Waals surface area contributed by atoms with E-state index in [2.05, 4.69) is 26.1 Å². The summed E-state index contributed by atoms with van der Waals surface area (Å²) in [5, 5.41) is 44.6. The number of carboxylic acid groups (broad SMARTS) is 1. The predicted molar refractivity (Wildman–Crippen MR) is 128 cm³/mol. The Kier molecular flexibility index (Phi) is 7.13. The van der Waals surface area contributed by atoms with Crippen LogP contribution in [0.15, 0.2) is 0 Å². The van der Waals surface area contributed by atoms with Gasteiger partial charge in [0.2, 0.25) is 5.91 Å². The van der Waals surface area contributed by atoms with Gasteiger partial charge in [0.1, 0.15) is 6.54 Å². The highest BCUT2D eigenvalue weighted by Crippen LogP contribution is 2.68. The number of rotatable bonds is 6. The fourth-order valence-corrected chi connectivity index (χ4v) is 9.30. The van der Waals surface area contributed by atoms with Gasteiger partial charge in [-0.2, -0.15) is 0 Å². The minimum Gasteiger partial charge on any atom is -0.480 e. The second-order valence-electron chi connectivity index (χ2n) is 12.8. The van der Waals surface area contributed by atoms with E-state index in [-0.39, 0.29) is 71.0 Å². The van der Waals surface area contributed by atoms with Crippen molar-refractivity contribution >= 4 is 11.9 Å². The molecule has 4 aliphatic carbocycles. The molecule has 0 aromatic heterocycles. The number of aliphatic hydroxyl groups is 3. The number of hydrogen-bond acceptors (Lipinski definition) is 5. The maximum atomic E-state index is 12.4. The second-order valence-corrected chi connectivity index (χ2v) is 12.8. The highest BCUT2D eigenvalue weighted by molar-refractivity contribution is 5.82. The molecule has 1 amide bonds. The van der Waals surface area contributed by atoms with Gasteiger partial charge >= 0.3 is 5.97 Å². The molecule has 7 heteroatoms. The molecule has 12 atom stereocenters. The summed E-state index contributed by atoms with van der Waals surface area (Å²) < 4.78 is 0. The molecule has 7 nitrogen and oxygen atoms in total. The molecular formula is C27H45NO6. The maximum Gasteiger partial charge on any atom is 0.322 e. The van der Waals surface area contributed by atoms with Crippen LogP contribution < -0.4 is 5.32 Å². The monoisotopic (exact) mass is 479 g/mol. The van der Waals surface area contributed by atoms with Crippen molar-refractivity contribution in [1.29, 1.82) is 0 Å². The van der Waals surface area contributed by atoms with Crippen LogP contribution in [0.25, 0.3) is 0 Å². The Balaban J connectivity index is 1.51. The third-order valence-electron chi connectivity index (χ3n) is 11.1. The Morgan fingerprint density at radius 3 is 2.38 bits per heavy atom. The molecular weight excluding hydrogens is 434 g/mol. The Morgan fingerprint density at radius 1 is 1.00 bits per heavy atom. The SMILES string of the molecule is CC(C[C@@H](C)[C@H]1CCC2C3C(C[C@H](O)[C@@]21C)[C@@]1(C)CC[C@@H](O)CC1C[C@@H]3O)C(=O)NCC(=O)O. The summed E-state index contributed by atoms with van der Waals surface area (Å²) in [7, 11) is 0. The van der Waals surface area contributed by atoms with Gasteiger partial charge in [-0.05, 0) is 97.7 Å². The fraction of sp³-hybridized carbons (Fsp3) is 0.926. The van der Waals surface area contributed by atoms with Gasteiger partial charge in [-0.25, -0.2) is 0 Å². The lowest BCUT2D eigenvalue weighted by molar-refractivity contribution is -0.207. The van der Waals surface area contributed by atoms with E-state index in [4.69, 9.17) is 5.11 Å². The zero-order chi connectivity index (χ0) is 25.0. The highest BCUT2D eigenvalue weighted by Gasteiger charge is 2.65. The first-order valence-corrected chi connectivity index (χ1v) is 13.4. The predicted octanol–water partition coefficient (Wildman–Crippen LogP) is 2.81. The van der Waals surface area contributed by atoms with E-state index in [0.29, 0.717) is 18.8 Å². The molecule has 0 aliphatic heterocycles. The average Bonchev–Trinajstić information content (AvgIpc) is 3.12. The molecule has 34 heavy (non-hydrogen) atoms. The van der Waals surface area contributed by atoms with Crippen molar-refractivity contribution in [3.05, 3.63) is 0 Å². The topological polar surface area (TPSA) is 127 Å². The Hall–Kier alpha value is -1.18. The second kappa shape index (κ2) is 9.36. The summed E-state index contributed by atoms with van der Waals surface area (Å²) in [6, 6.07) is 0. The average molecular weight is 480 g/mol. The number of nitrogens with one attached hydrogen (secondary N) is 1. The molecule has 0 heterocycles. The van der Waals surface area contributed by atoms with Crippen LogP contribution in [0.3, 0.4) is 0 Å². The van der Waals surface area contributed by atoms with Gasteiger partial charge in [0, 0.05) is 5.92 Å². The lowest BCUT2D eigenvalue weighted by Gasteiger charge is -2.63. The quantitative estimate of drug-likeness (QED) is 0.399. The number of hydrogen-bond donors (Lipinski definition) is 5. The molecule has 0 bridgehead atoms. The number of carbonyl (C=O) groups excluding carboxylic acids is 1. The van der Waals surface area contributed by atoms with E-state index >= 15 is 0 Å². The minimum atomic E-state index is -1.05. The molecule has 0 radical (unpaired) electrons. The number of amides is 1. The van der Waals surface area contributed by atoms with Crippen molar-refractivity contribution in [2.45, 2.75) is 97.4 Å². The first-order valence-electron chi connectivity index (χ1n) is 13.4. The summed E-state index contributed by atoms with van der Waals surface area (Å²) in [5.41, 5.74) is -0.234. The van der Waals surface area contributed by atoms with E-state index in [1.807, 2.05) is 6.92 Å². The van der Waals surface area contributed by atoms with Crippen molar-refractivity contribution in [2.75, 3.05) is 6.54 Å². The zero-order valence-electron chi connectivity index (χ0n) is 21.2. The molecule has 4 aliphatic rings. The van der Waals surface area contributed by atoms with Crippen LogP contribution in [0.4, 0.5) is 0 Å². The van der Waals surface area contributed by atoms with Crippen molar-refractivity contribution < 1.29 is 30.0 Å². The molecule has 4 fully saturated rings. The van der Waals surface area contributed by atoms with Crippen LogP contribution in [0.1, 0.15) is 79.1 Å². The normalized spacial score (nSPS) is 47.6. The highest BCUT2D eigenvalue weighted by atomic mass is 16.4. The third-order valence-corrected chi connectivity index (χ3v) is 11.1. The van der Waals surface area contributed by atoms with Crippen LogP contribution in [-0.4, -0.2) is 57.2 Å². The van der Waals surface area contributed by atoms with Crippen molar-refractivity contribution in [3.8, 4) is 0 Å². The van der Waals surface area contributed by atoms with Crippen LogP contribution in [-0.2, 0) is 9.59 Å². The van der Waals surface area contributed by atoms with Crippen molar-refractivity contribution in [2.24, 2.45) is 52.3 Å². The zero-order valence-corrected chi connectivity index (χ0v) is 21.2. The first-order chi connectivity index (χ1) is 15.9. The van der Waals surface area contributed by atoms with E-state index in [0.717, 1.165) is 38.5 Å². The van der Waals surface area contributed by atoms with Gasteiger partial charge in [0.25, 0.3) is 0 Å². The van der Waals surface area contributed by atoms with Crippen LogP contribution in [0.5, 0.6) is 0 Å². The summed E-state index contributed by atoms with van der Waals surface area (Å²) in [6.45, 7) is 8.20. The van der Waals surface area contributed by atoms with Gasteiger partial charge in [0.05, 0.1) is 18.3 Å². The molecule has 0 aromatic rings. The van der Waals surface area contributed by atoms with E-state index in [1.165, 1.54) is 0 Å². The minimum absolute atomic E-state index is 0.0614. The van der Waals surface area contributed by atoms with Gasteiger partial charge in [-0.1, -0.05) is 27.7 Å². The van der Waals surface area contributed by atoms with Gasteiger partial charge < -0.3 is 25.7 Å². The Bertz CT molecular complexity index is 789. The number of carbonyl (C=O) groups is 2. The first kappa shape index (κ1) is 25.9. The summed E-state index contributed by atoms with van der Waals surface area (Å²) in [4.78, 5) is 23.2. The van der Waals surface area contributed by atoms with Gasteiger partial charge in [-0.3, -0.25) is 9.59 Å². The number of fused-ring (bicyclic) bond motifs is 5. The lowest BCUT2D eigenvalue weighted by atomic mass is 9.43. The van der Waals surface area contributed by atoms with Crippen LogP contribution in [0, 0.1) is 52.3 Å². The molecule has 4 rings (SSSR count). The number of carboxylic acids is 1. The molecule has 0 spiro atoms. The largest absolute Gasteiger partial charge is 0.480 e. The standard InChI is InChI=1S/C27H45NO6/c1-14(9-15(2)25(34)28-13-23(32)33)18-5-6-19-24-20(12-22(31)27(18,19)4)26(3)8-7-17(29)10-16(26)11-21(24)30/h14-22,24,29-31H,5-13H2,1-4H3,(H,28,34)(H,32,33)/t14-,15?,16?,17-,18-,19?,20?,21+,22+,24?,26+,27-/m1/s1. The molecule has 5 unspecified atom stereocenters. The lowest BCUT2D eigenvalue weighted by Crippen LogP contribution is -2.62.